The molecule has 1 aromatic heterocycles. The number of thiocarbonyl (C=S) groups is 1. The third-order valence-electron chi connectivity index (χ3n) is 4.89. The average Bonchev–Trinajstić information content (AvgIpc) is 3.32. The average molecular weight is 505 g/mol. The zero-order valence-electron chi connectivity index (χ0n) is 19.8. The number of thiophene rings is 1. The van der Waals surface area contributed by atoms with Gasteiger partial charge in [-0.1, -0.05) is 0 Å². The van der Waals surface area contributed by atoms with Gasteiger partial charge >= 0.3 is 17.9 Å². The molecule has 1 aliphatic rings. The Kier molecular flexibility index (Phi) is 8.27. The lowest BCUT2D eigenvalue weighted by molar-refractivity contribution is 0.0377. The maximum atomic E-state index is 12.5. The Morgan fingerprint density at radius 1 is 0.912 bits per heavy atom. The predicted octanol–water partition coefficient (Wildman–Crippen LogP) is 4.96. The molecule has 0 fully saturated rings. The number of ether oxygens (including phenoxy) is 3. The number of benzene rings is 1. The van der Waals surface area contributed by atoms with Gasteiger partial charge in [-0.25, -0.2) is 14.4 Å². The van der Waals surface area contributed by atoms with Gasteiger partial charge in [0.25, 0.3) is 0 Å². The van der Waals surface area contributed by atoms with Gasteiger partial charge in [-0.3, -0.25) is 0 Å². The summed E-state index contributed by atoms with van der Waals surface area (Å²) >= 11 is 6.94. The molecule has 0 radical (unpaired) electrons. The normalized spacial score (nSPS) is 12.3. The summed E-state index contributed by atoms with van der Waals surface area (Å²) in [5.74, 6) is -1.56. The van der Waals surface area contributed by atoms with Crippen LogP contribution < -0.4 is 10.6 Å². The van der Waals surface area contributed by atoms with Gasteiger partial charge in [-0.05, 0) is 82.9 Å². The van der Waals surface area contributed by atoms with E-state index in [4.69, 9.17) is 26.4 Å². The minimum Gasteiger partial charge on any atom is -0.465 e. The maximum absolute atomic E-state index is 12.5. The zero-order valence-corrected chi connectivity index (χ0v) is 21.4. The van der Waals surface area contributed by atoms with Crippen LogP contribution in [0.25, 0.3) is 0 Å². The molecule has 34 heavy (non-hydrogen) atoms. The minimum atomic E-state index is -0.571. The first-order chi connectivity index (χ1) is 16.1. The SMILES string of the molecule is COC(=O)c1c(NC(=S)Nc2cc(C(=O)OC(C)C)cc(C(=O)OC(C)C)c2)sc2c1CCC2. The number of hydrogen-bond acceptors (Lipinski definition) is 8. The van der Waals surface area contributed by atoms with Crippen molar-refractivity contribution in [3.8, 4) is 0 Å². The number of nitrogens with one attached hydrogen (secondary N) is 2. The van der Waals surface area contributed by atoms with E-state index in [1.54, 1.807) is 39.8 Å². The van der Waals surface area contributed by atoms with Crippen molar-refractivity contribution in [1.29, 1.82) is 0 Å². The second kappa shape index (κ2) is 11.0. The Labute approximate surface area is 208 Å². The molecule has 2 aromatic rings. The maximum Gasteiger partial charge on any atom is 0.341 e. The van der Waals surface area contributed by atoms with Crippen LogP contribution in [0.2, 0.25) is 0 Å². The van der Waals surface area contributed by atoms with E-state index in [1.807, 2.05) is 0 Å². The topological polar surface area (TPSA) is 103 Å². The largest absolute Gasteiger partial charge is 0.465 e. The molecule has 0 saturated heterocycles. The molecule has 1 heterocycles. The van der Waals surface area contributed by atoms with E-state index in [9.17, 15) is 14.4 Å². The number of methoxy groups -OCH3 is 1. The van der Waals surface area contributed by atoms with Crippen molar-refractivity contribution < 1.29 is 28.6 Å². The number of aryl methyl sites for hydroxylation is 1. The van der Waals surface area contributed by atoms with Crippen molar-refractivity contribution >= 4 is 57.3 Å². The summed E-state index contributed by atoms with van der Waals surface area (Å²) in [6.45, 7) is 6.96. The van der Waals surface area contributed by atoms with Gasteiger partial charge in [0.15, 0.2) is 5.11 Å². The van der Waals surface area contributed by atoms with Gasteiger partial charge in [0.05, 0.1) is 36.0 Å². The van der Waals surface area contributed by atoms with Crippen molar-refractivity contribution in [2.75, 3.05) is 17.7 Å². The summed E-state index contributed by atoms with van der Waals surface area (Å²) < 4.78 is 15.5. The molecule has 0 saturated carbocycles. The van der Waals surface area contributed by atoms with E-state index < -0.39 is 17.9 Å². The van der Waals surface area contributed by atoms with Gasteiger partial charge < -0.3 is 24.8 Å². The Morgan fingerprint density at radius 2 is 1.50 bits per heavy atom. The standard InChI is InChI=1S/C24H28N2O6S2/c1-12(2)31-21(27)14-9-15(22(28)32-13(3)4)11-16(10-14)25-24(33)26-20-19(23(29)30-5)17-7-6-8-18(17)34-20/h9-13H,6-8H2,1-5H3,(H2,25,26,33). The summed E-state index contributed by atoms with van der Waals surface area (Å²) in [5, 5.41) is 6.86. The molecule has 182 valence electrons. The van der Waals surface area contributed by atoms with Crippen LogP contribution >= 0.6 is 23.6 Å². The van der Waals surface area contributed by atoms with Crippen LogP contribution in [0.5, 0.6) is 0 Å². The first-order valence-corrected chi connectivity index (χ1v) is 12.2. The van der Waals surface area contributed by atoms with E-state index in [2.05, 4.69) is 10.6 Å². The Bertz CT molecular complexity index is 1080. The molecule has 8 nitrogen and oxygen atoms in total. The molecule has 0 atom stereocenters. The summed E-state index contributed by atoms with van der Waals surface area (Å²) in [7, 11) is 1.35. The van der Waals surface area contributed by atoms with Gasteiger partial charge in [0.1, 0.15) is 5.00 Å². The highest BCUT2D eigenvalue weighted by Gasteiger charge is 2.27. The molecule has 0 spiro atoms. The third-order valence-corrected chi connectivity index (χ3v) is 6.30. The van der Waals surface area contributed by atoms with E-state index >= 15 is 0 Å². The highest BCUT2D eigenvalue weighted by atomic mass is 32.1. The first-order valence-electron chi connectivity index (χ1n) is 11.0. The Hall–Kier alpha value is -2.98. The van der Waals surface area contributed by atoms with Crippen LogP contribution in [0, 0.1) is 0 Å². The number of esters is 3. The molecular weight excluding hydrogens is 476 g/mol. The molecule has 0 unspecified atom stereocenters. The van der Waals surface area contributed by atoms with Crippen LogP contribution in [0.1, 0.15) is 75.6 Å². The summed E-state index contributed by atoms with van der Waals surface area (Å²) in [4.78, 5) is 38.6. The quantitative estimate of drug-likeness (QED) is 0.307. The monoisotopic (exact) mass is 504 g/mol. The lowest BCUT2D eigenvalue weighted by atomic mass is 10.1. The predicted molar refractivity (Wildman–Crippen MR) is 135 cm³/mol. The van der Waals surface area contributed by atoms with Crippen LogP contribution in [-0.2, 0) is 27.1 Å². The molecule has 2 N–H and O–H groups in total. The van der Waals surface area contributed by atoms with E-state index in [1.165, 1.54) is 24.5 Å². The number of anilines is 2. The molecular formula is C24H28N2O6S2. The fourth-order valence-corrected chi connectivity index (χ4v) is 5.14. The smallest absolute Gasteiger partial charge is 0.341 e. The number of fused-ring (bicyclic) bond motifs is 1. The van der Waals surface area contributed by atoms with Gasteiger partial charge in [-0.15, -0.1) is 11.3 Å². The molecule has 1 aromatic carbocycles. The minimum absolute atomic E-state index is 0.183. The third kappa shape index (κ3) is 6.12. The van der Waals surface area contributed by atoms with E-state index in [-0.39, 0.29) is 28.4 Å². The lowest BCUT2D eigenvalue weighted by Gasteiger charge is -2.15. The molecule has 0 bridgehead atoms. The molecule has 0 amide bonds. The van der Waals surface area contributed by atoms with Gasteiger partial charge in [0, 0.05) is 10.6 Å². The molecule has 0 aliphatic heterocycles. The summed E-state index contributed by atoms with van der Waals surface area (Å²) in [5.41, 5.74) is 2.26. The van der Waals surface area contributed by atoms with Crippen LogP contribution in [0.3, 0.4) is 0 Å². The summed E-state index contributed by atoms with van der Waals surface area (Å²) in [6.07, 6.45) is 2.08. The molecule has 1 aliphatic carbocycles. The van der Waals surface area contributed by atoms with Crippen molar-refractivity contribution in [3.63, 3.8) is 0 Å². The lowest BCUT2D eigenvalue weighted by Crippen LogP contribution is -2.21. The Balaban J connectivity index is 1.86. The summed E-state index contributed by atoms with van der Waals surface area (Å²) in [6, 6.07) is 4.51. The van der Waals surface area contributed by atoms with E-state index in [0.29, 0.717) is 16.3 Å². The Morgan fingerprint density at radius 3 is 2.03 bits per heavy atom. The molecule has 10 heteroatoms. The van der Waals surface area contributed by atoms with Crippen molar-refractivity contribution in [2.24, 2.45) is 0 Å². The number of carbonyl (C=O) groups is 3. The van der Waals surface area contributed by atoms with Crippen LogP contribution in [0.15, 0.2) is 18.2 Å². The van der Waals surface area contributed by atoms with Crippen LogP contribution in [0.4, 0.5) is 10.7 Å². The van der Waals surface area contributed by atoms with Crippen molar-refractivity contribution in [3.05, 3.63) is 45.3 Å². The fourth-order valence-electron chi connectivity index (χ4n) is 3.58. The highest BCUT2D eigenvalue weighted by Crippen LogP contribution is 2.39. The fraction of sp³-hybridized carbons (Fsp3) is 0.417. The van der Waals surface area contributed by atoms with Gasteiger partial charge in [0.2, 0.25) is 0 Å². The second-order valence-corrected chi connectivity index (χ2v) is 9.85. The number of carbonyl (C=O) groups excluding carboxylic acids is 3. The zero-order chi connectivity index (χ0) is 25.0. The van der Waals surface area contributed by atoms with Crippen LogP contribution in [-0.4, -0.2) is 42.3 Å². The molecule has 3 rings (SSSR count). The first kappa shape index (κ1) is 25.6. The van der Waals surface area contributed by atoms with Gasteiger partial charge in [-0.2, -0.15) is 0 Å². The highest BCUT2D eigenvalue weighted by molar-refractivity contribution is 7.80. The van der Waals surface area contributed by atoms with Crippen molar-refractivity contribution in [1.82, 2.24) is 0 Å². The second-order valence-electron chi connectivity index (χ2n) is 8.34. The van der Waals surface area contributed by atoms with Crippen molar-refractivity contribution in [2.45, 2.75) is 59.2 Å². The van der Waals surface area contributed by atoms with E-state index in [0.717, 1.165) is 29.7 Å². The number of rotatable bonds is 7. The number of hydrogen-bond donors (Lipinski definition) is 2.